The van der Waals surface area contributed by atoms with Crippen LogP contribution in [-0.4, -0.2) is 40.0 Å². The molecule has 0 N–H and O–H groups in total. The highest BCUT2D eigenvalue weighted by atomic mass is 35.5. The van der Waals surface area contributed by atoms with Gasteiger partial charge in [0.1, 0.15) is 13.1 Å². The average Bonchev–Trinajstić information content (AvgIpc) is 2.64. The molecule has 0 spiro atoms. The Morgan fingerprint density at radius 3 is 2.37 bits per heavy atom. The number of sulfonamides is 1. The fourth-order valence-corrected chi connectivity index (χ4v) is 4.34. The number of fused-ring (bicyclic) bond motifs is 1. The predicted molar refractivity (Wildman–Crippen MR) is 101 cm³/mol. The molecule has 2 aromatic carbocycles. The molecule has 3 rings (SSSR count). The number of rotatable bonds is 5. The fraction of sp³-hybridized carbons (Fsp3) is 0.222. The second-order valence-electron chi connectivity index (χ2n) is 5.74. The van der Waals surface area contributed by atoms with Crippen LogP contribution in [0.25, 0.3) is 0 Å². The summed E-state index contributed by atoms with van der Waals surface area (Å²) in [7, 11) is -3.98. The normalized spacial score (nSPS) is 14.1. The van der Waals surface area contributed by atoms with E-state index >= 15 is 0 Å². The molecule has 1 aliphatic rings. The van der Waals surface area contributed by atoms with Crippen LogP contribution >= 0.6 is 11.6 Å². The molecule has 142 valence electrons. The number of carbonyl (C=O) groups excluding carboxylic acids is 2. The fourth-order valence-electron chi connectivity index (χ4n) is 2.79. The number of nitrogens with zero attached hydrogens (tertiary/aromatic N) is 2. The van der Waals surface area contributed by atoms with Crippen LogP contribution in [0, 0.1) is 0 Å². The molecule has 9 heteroatoms. The average molecular weight is 409 g/mol. The van der Waals surface area contributed by atoms with Crippen molar-refractivity contribution in [1.82, 2.24) is 0 Å². The van der Waals surface area contributed by atoms with Crippen LogP contribution in [-0.2, 0) is 24.3 Å². The Balaban J connectivity index is 2.02. The first-order chi connectivity index (χ1) is 12.8. The molecule has 1 amide bonds. The van der Waals surface area contributed by atoms with Crippen LogP contribution in [0.15, 0.2) is 53.4 Å². The Morgan fingerprint density at radius 2 is 1.74 bits per heavy atom. The third kappa shape index (κ3) is 3.77. The van der Waals surface area contributed by atoms with Crippen molar-refractivity contribution in [1.29, 1.82) is 0 Å². The number of ether oxygens (including phenoxy) is 1. The van der Waals surface area contributed by atoms with E-state index in [0.29, 0.717) is 16.4 Å². The van der Waals surface area contributed by atoms with E-state index in [1.807, 2.05) is 0 Å². The van der Waals surface area contributed by atoms with Crippen molar-refractivity contribution in [3.8, 4) is 0 Å². The zero-order valence-electron chi connectivity index (χ0n) is 14.5. The Kier molecular flexibility index (Phi) is 5.38. The second kappa shape index (κ2) is 7.58. The van der Waals surface area contributed by atoms with Gasteiger partial charge in [-0.1, -0.05) is 23.7 Å². The van der Waals surface area contributed by atoms with Crippen molar-refractivity contribution >= 4 is 44.9 Å². The van der Waals surface area contributed by atoms with Crippen molar-refractivity contribution in [3.63, 3.8) is 0 Å². The quantitative estimate of drug-likeness (QED) is 0.709. The minimum atomic E-state index is -3.98. The molecule has 0 aliphatic carbocycles. The van der Waals surface area contributed by atoms with E-state index in [9.17, 15) is 18.0 Å². The Labute approximate surface area is 162 Å². The lowest BCUT2D eigenvalue weighted by Crippen LogP contribution is -2.49. The standard InChI is InChI=1S/C18H17ClN2O5S/c1-2-26-18(23)12-20-15-5-3-4-6-16(15)21(11-17(20)22)27(24,25)14-9-7-13(19)8-10-14/h3-10H,2,11-12H2,1H3. The largest absolute Gasteiger partial charge is 0.465 e. The van der Waals surface area contributed by atoms with Gasteiger partial charge in [0, 0.05) is 5.02 Å². The number of benzene rings is 2. The van der Waals surface area contributed by atoms with Crippen molar-refractivity contribution in [2.24, 2.45) is 0 Å². The van der Waals surface area contributed by atoms with Crippen LogP contribution in [0.5, 0.6) is 0 Å². The summed E-state index contributed by atoms with van der Waals surface area (Å²) in [4.78, 5) is 25.7. The predicted octanol–water partition coefficient (Wildman–Crippen LogP) is 2.45. The molecule has 0 aromatic heterocycles. The van der Waals surface area contributed by atoms with Crippen molar-refractivity contribution in [2.75, 3.05) is 28.9 Å². The van der Waals surface area contributed by atoms with E-state index in [-0.39, 0.29) is 18.0 Å². The van der Waals surface area contributed by atoms with Gasteiger partial charge in [0.15, 0.2) is 0 Å². The summed E-state index contributed by atoms with van der Waals surface area (Å²) in [6.07, 6.45) is 0. The Bertz CT molecular complexity index is 976. The van der Waals surface area contributed by atoms with E-state index in [0.717, 1.165) is 4.31 Å². The summed E-state index contributed by atoms with van der Waals surface area (Å²) >= 11 is 5.83. The molecular formula is C18H17ClN2O5S. The third-order valence-electron chi connectivity index (χ3n) is 4.02. The lowest BCUT2D eigenvalue weighted by atomic mass is 10.2. The first-order valence-corrected chi connectivity index (χ1v) is 9.99. The van der Waals surface area contributed by atoms with Crippen LogP contribution in [0.2, 0.25) is 5.02 Å². The Morgan fingerprint density at radius 1 is 1.11 bits per heavy atom. The Hall–Kier alpha value is -2.58. The van der Waals surface area contributed by atoms with Gasteiger partial charge in [0.25, 0.3) is 10.0 Å². The molecule has 2 aromatic rings. The number of halogens is 1. The van der Waals surface area contributed by atoms with Crippen LogP contribution in [0.4, 0.5) is 11.4 Å². The van der Waals surface area contributed by atoms with Crippen LogP contribution in [0.3, 0.4) is 0 Å². The molecule has 0 atom stereocenters. The first kappa shape index (κ1) is 19.2. The van der Waals surface area contributed by atoms with Gasteiger partial charge in [0.2, 0.25) is 5.91 Å². The molecule has 7 nitrogen and oxygen atoms in total. The molecule has 0 radical (unpaired) electrons. The first-order valence-electron chi connectivity index (χ1n) is 8.18. The van der Waals surface area contributed by atoms with Crippen molar-refractivity contribution in [2.45, 2.75) is 11.8 Å². The number of para-hydroxylation sites is 2. The molecule has 0 saturated carbocycles. The summed E-state index contributed by atoms with van der Waals surface area (Å²) in [6.45, 7) is 1.17. The number of amides is 1. The maximum absolute atomic E-state index is 13.1. The maximum atomic E-state index is 13.1. The second-order valence-corrected chi connectivity index (χ2v) is 8.04. The van der Waals surface area contributed by atoms with E-state index in [1.54, 1.807) is 31.2 Å². The lowest BCUT2D eigenvalue weighted by molar-refractivity contribution is -0.142. The van der Waals surface area contributed by atoms with Gasteiger partial charge in [-0.3, -0.25) is 18.8 Å². The molecule has 1 heterocycles. The van der Waals surface area contributed by atoms with Gasteiger partial charge in [-0.05, 0) is 43.3 Å². The molecule has 0 unspecified atom stereocenters. The van der Waals surface area contributed by atoms with Gasteiger partial charge in [-0.25, -0.2) is 8.42 Å². The van der Waals surface area contributed by atoms with Gasteiger partial charge in [0.05, 0.1) is 22.9 Å². The maximum Gasteiger partial charge on any atom is 0.326 e. The highest BCUT2D eigenvalue weighted by Gasteiger charge is 2.37. The monoisotopic (exact) mass is 408 g/mol. The van der Waals surface area contributed by atoms with Crippen molar-refractivity contribution < 1.29 is 22.7 Å². The number of carbonyl (C=O) groups is 2. The number of esters is 1. The van der Waals surface area contributed by atoms with Crippen molar-refractivity contribution in [3.05, 3.63) is 53.6 Å². The topological polar surface area (TPSA) is 84.0 Å². The minimum absolute atomic E-state index is 0.0216. The highest BCUT2D eigenvalue weighted by molar-refractivity contribution is 7.92. The summed E-state index contributed by atoms with van der Waals surface area (Å²) in [5.41, 5.74) is 0.649. The van der Waals surface area contributed by atoms with Gasteiger partial charge >= 0.3 is 5.97 Å². The molecule has 1 aliphatic heterocycles. The zero-order chi connectivity index (χ0) is 19.6. The van der Waals surface area contributed by atoms with Crippen LogP contribution < -0.4 is 9.21 Å². The molecular weight excluding hydrogens is 392 g/mol. The van der Waals surface area contributed by atoms with Gasteiger partial charge < -0.3 is 4.74 Å². The number of hydrogen-bond donors (Lipinski definition) is 0. The number of hydrogen-bond acceptors (Lipinski definition) is 5. The minimum Gasteiger partial charge on any atom is -0.465 e. The highest BCUT2D eigenvalue weighted by Crippen LogP contribution is 2.36. The van der Waals surface area contributed by atoms with Crippen LogP contribution in [0.1, 0.15) is 6.92 Å². The molecule has 0 fully saturated rings. The SMILES string of the molecule is CCOC(=O)CN1C(=O)CN(S(=O)(=O)c2ccc(Cl)cc2)c2ccccc21. The molecule has 0 bridgehead atoms. The summed E-state index contributed by atoms with van der Waals surface area (Å²) in [5, 5.41) is 0.407. The van der Waals surface area contributed by atoms with Gasteiger partial charge in [-0.2, -0.15) is 0 Å². The van der Waals surface area contributed by atoms with E-state index in [4.69, 9.17) is 16.3 Å². The summed E-state index contributed by atoms with van der Waals surface area (Å²) < 4.78 is 32.1. The van der Waals surface area contributed by atoms with Gasteiger partial charge in [-0.15, -0.1) is 0 Å². The van der Waals surface area contributed by atoms with E-state index in [1.165, 1.54) is 29.2 Å². The zero-order valence-corrected chi connectivity index (χ0v) is 16.0. The summed E-state index contributed by atoms with van der Waals surface area (Å²) in [6, 6.07) is 12.2. The number of anilines is 2. The lowest BCUT2D eigenvalue weighted by Gasteiger charge is -2.36. The smallest absolute Gasteiger partial charge is 0.326 e. The third-order valence-corrected chi connectivity index (χ3v) is 6.04. The van der Waals surface area contributed by atoms with E-state index in [2.05, 4.69) is 0 Å². The molecule has 27 heavy (non-hydrogen) atoms. The van der Waals surface area contributed by atoms with E-state index < -0.39 is 28.4 Å². The summed E-state index contributed by atoms with van der Waals surface area (Å²) in [5.74, 6) is -1.08. The molecule has 0 saturated heterocycles.